The molecule has 2 aromatic rings. The minimum absolute atomic E-state index is 0.142. The van der Waals surface area contributed by atoms with Gasteiger partial charge in [-0.15, -0.1) is 0 Å². The van der Waals surface area contributed by atoms with Crippen molar-refractivity contribution in [2.24, 2.45) is 0 Å². The molecule has 0 atom stereocenters. The highest BCUT2D eigenvalue weighted by atomic mass is 16.2. The Labute approximate surface area is 102 Å². The Balaban J connectivity index is 2.49. The van der Waals surface area contributed by atoms with Crippen LogP contribution in [0.15, 0.2) is 36.5 Å². The summed E-state index contributed by atoms with van der Waals surface area (Å²) in [4.78, 5) is 21.5. The van der Waals surface area contributed by atoms with Crippen molar-refractivity contribution in [2.75, 3.05) is 5.32 Å². The number of rotatable bonds is 3. The molecule has 0 aliphatic carbocycles. The number of benzene rings is 1. The summed E-state index contributed by atoms with van der Waals surface area (Å²) in [5.74, 6) is -0.648. The smallest absolute Gasteiger partial charge is 0.289 e. The first-order valence-corrected chi connectivity index (χ1v) is 5.06. The van der Waals surface area contributed by atoms with E-state index < -0.39 is 5.91 Å². The Hall–Kier alpha value is -2.94. The number of nitrogens with one attached hydrogen (secondary N) is 1. The zero-order chi connectivity index (χ0) is 13.0. The average molecular weight is 240 g/mol. The van der Waals surface area contributed by atoms with Gasteiger partial charge in [0.25, 0.3) is 5.91 Å². The van der Waals surface area contributed by atoms with Crippen LogP contribution in [0.4, 0.5) is 5.82 Å². The first-order valence-electron chi connectivity index (χ1n) is 5.06. The second-order valence-electron chi connectivity index (χ2n) is 3.37. The fourth-order valence-corrected chi connectivity index (χ4v) is 1.46. The Morgan fingerprint density at radius 2 is 2.11 bits per heavy atom. The molecule has 1 aromatic carbocycles. The molecule has 0 saturated carbocycles. The van der Waals surface area contributed by atoms with Crippen molar-refractivity contribution >= 4 is 18.0 Å². The summed E-state index contributed by atoms with van der Waals surface area (Å²) < 4.78 is 1.39. The third kappa shape index (κ3) is 2.10. The van der Waals surface area contributed by atoms with Crippen molar-refractivity contribution in [3.8, 4) is 11.8 Å². The van der Waals surface area contributed by atoms with Gasteiger partial charge in [0.1, 0.15) is 11.6 Å². The molecule has 88 valence electrons. The van der Waals surface area contributed by atoms with E-state index in [0.717, 1.165) is 0 Å². The highest BCUT2D eigenvalue weighted by molar-refractivity contribution is 6.29. The number of carbonyl (C=O) groups is 2. The Morgan fingerprint density at radius 1 is 1.39 bits per heavy atom. The Kier molecular flexibility index (Phi) is 3.16. The molecule has 0 saturated heterocycles. The van der Waals surface area contributed by atoms with Crippen LogP contribution in [0.5, 0.6) is 0 Å². The van der Waals surface area contributed by atoms with Gasteiger partial charge in [0.05, 0.1) is 11.9 Å². The maximum atomic E-state index is 11.1. The van der Waals surface area contributed by atoms with Crippen LogP contribution in [-0.4, -0.2) is 22.0 Å². The third-order valence-corrected chi connectivity index (χ3v) is 2.24. The molecule has 0 aliphatic heterocycles. The topological polar surface area (TPSA) is 87.8 Å². The van der Waals surface area contributed by atoms with E-state index in [1.165, 1.54) is 10.9 Å². The number of amides is 1. The largest absolute Gasteiger partial charge is 0.303 e. The van der Waals surface area contributed by atoms with E-state index in [0.29, 0.717) is 5.69 Å². The zero-order valence-electron chi connectivity index (χ0n) is 9.20. The summed E-state index contributed by atoms with van der Waals surface area (Å²) in [5.41, 5.74) is 0.870. The van der Waals surface area contributed by atoms with E-state index in [-0.39, 0.29) is 17.7 Å². The molecule has 6 nitrogen and oxygen atoms in total. The molecule has 1 heterocycles. The summed E-state index contributed by atoms with van der Waals surface area (Å²) in [5, 5.41) is 15.3. The van der Waals surface area contributed by atoms with Crippen molar-refractivity contribution in [3.05, 3.63) is 42.1 Å². The van der Waals surface area contributed by atoms with Gasteiger partial charge in [-0.25, -0.2) is 4.68 Å². The van der Waals surface area contributed by atoms with E-state index in [4.69, 9.17) is 5.26 Å². The van der Waals surface area contributed by atoms with Crippen molar-refractivity contribution in [2.45, 2.75) is 0 Å². The molecule has 1 aromatic heterocycles. The van der Waals surface area contributed by atoms with Gasteiger partial charge in [0.15, 0.2) is 5.82 Å². The van der Waals surface area contributed by atoms with Crippen LogP contribution in [0.25, 0.3) is 5.69 Å². The number of hydrogen-bond donors (Lipinski definition) is 1. The summed E-state index contributed by atoms with van der Waals surface area (Å²) >= 11 is 0. The Morgan fingerprint density at radius 3 is 2.72 bits per heavy atom. The molecule has 0 aliphatic rings. The summed E-state index contributed by atoms with van der Waals surface area (Å²) in [6, 6.07) is 10.9. The number of para-hydroxylation sites is 1. The molecule has 0 spiro atoms. The maximum absolute atomic E-state index is 11.1. The molecular weight excluding hydrogens is 232 g/mol. The lowest BCUT2D eigenvalue weighted by atomic mass is 10.3. The van der Waals surface area contributed by atoms with Crippen LogP contribution in [0.2, 0.25) is 0 Å². The van der Waals surface area contributed by atoms with Crippen molar-refractivity contribution < 1.29 is 9.59 Å². The zero-order valence-corrected chi connectivity index (χ0v) is 9.20. The number of nitrogens with zero attached hydrogens (tertiary/aromatic N) is 3. The standard InChI is InChI=1S/C12H8N4O2/c13-6-9-7-14-16(10-4-2-1-3-5-10)12(9)15-11(18)8-17/h1-5,7-8H,(H,15,18). The van der Waals surface area contributed by atoms with Crippen LogP contribution in [0.1, 0.15) is 5.56 Å². The first-order chi connectivity index (χ1) is 8.76. The van der Waals surface area contributed by atoms with Crippen molar-refractivity contribution in [1.82, 2.24) is 9.78 Å². The predicted molar refractivity (Wildman–Crippen MR) is 63.0 cm³/mol. The average Bonchev–Trinajstić information content (AvgIpc) is 2.82. The van der Waals surface area contributed by atoms with E-state index in [1.54, 1.807) is 24.3 Å². The SMILES string of the molecule is N#Cc1cnn(-c2ccccc2)c1NC(=O)C=O. The number of aromatic nitrogens is 2. The molecule has 0 fully saturated rings. The van der Waals surface area contributed by atoms with Crippen LogP contribution >= 0.6 is 0 Å². The fraction of sp³-hybridized carbons (Fsp3) is 0. The predicted octanol–water partition coefficient (Wildman–Crippen LogP) is 0.881. The summed E-state index contributed by atoms with van der Waals surface area (Å²) in [6.45, 7) is 0. The second kappa shape index (κ2) is 4.93. The third-order valence-electron chi connectivity index (χ3n) is 2.24. The van der Waals surface area contributed by atoms with Gasteiger partial charge in [-0.05, 0) is 12.1 Å². The van der Waals surface area contributed by atoms with E-state index in [2.05, 4.69) is 10.4 Å². The summed E-state index contributed by atoms with van der Waals surface area (Å²) in [7, 11) is 0. The maximum Gasteiger partial charge on any atom is 0.289 e. The van der Waals surface area contributed by atoms with E-state index >= 15 is 0 Å². The molecule has 2 rings (SSSR count). The van der Waals surface area contributed by atoms with Gasteiger partial charge in [-0.1, -0.05) is 18.2 Å². The van der Waals surface area contributed by atoms with Crippen molar-refractivity contribution in [3.63, 3.8) is 0 Å². The molecule has 18 heavy (non-hydrogen) atoms. The highest BCUT2D eigenvalue weighted by Crippen LogP contribution is 2.19. The van der Waals surface area contributed by atoms with Crippen LogP contribution in [-0.2, 0) is 9.59 Å². The van der Waals surface area contributed by atoms with Crippen LogP contribution in [0.3, 0.4) is 0 Å². The molecule has 0 unspecified atom stereocenters. The normalized spacial score (nSPS) is 9.50. The van der Waals surface area contributed by atoms with E-state index in [1.807, 2.05) is 12.1 Å². The molecule has 0 radical (unpaired) electrons. The minimum atomic E-state index is -0.829. The number of hydrogen-bond acceptors (Lipinski definition) is 4. The van der Waals surface area contributed by atoms with Crippen molar-refractivity contribution in [1.29, 1.82) is 5.26 Å². The van der Waals surface area contributed by atoms with Gasteiger partial charge in [-0.2, -0.15) is 10.4 Å². The molecule has 1 amide bonds. The van der Waals surface area contributed by atoms with Gasteiger partial charge in [0.2, 0.25) is 6.29 Å². The lowest BCUT2D eigenvalue weighted by Gasteiger charge is -2.07. The van der Waals surface area contributed by atoms with Crippen LogP contribution < -0.4 is 5.32 Å². The molecule has 1 N–H and O–H groups in total. The molecule has 6 heteroatoms. The fourth-order valence-electron chi connectivity index (χ4n) is 1.46. The number of carbonyl (C=O) groups excluding carboxylic acids is 2. The van der Waals surface area contributed by atoms with E-state index in [9.17, 15) is 9.59 Å². The Bertz CT molecular complexity index is 625. The second-order valence-corrected chi connectivity index (χ2v) is 3.37. The number of anilines is 1. The molecule has 0 bridgehead atoms. The lowest BCUT2D eigenvalue weighted by Crippen LogP contribution is -2.16. The monoisotopic (exact) mass is 240 g/mol. The molecular formula is C12H8N4O2. The summed E-state index contributed by atoms with van der Waals surface area (Å²) in [6.07, 6.45) is 1.47. The number of aldehydes is 1. The highest BCUT2D eigenvalue weighted by Gasteiger charge is 2.14. The lowest BCUT2D eigenvalue weighted by molar-refractivity contribution is -0.127. The van der Waals surface area contributed by atoms with Gasteiger partial charge >= 0.3 is 0 Å². The quantitative estimate of drug-likeness (QED) is 0.637. The first kappa shape index (κ1) is 11.5. The number of nitriles is 1. The van der Waals surface area contributed by atoms with Gasteiger partial charge < -0.3 is 5.32 Å². The minimum Gasteiger partial charge on any atom is -0.303 e. The van der Waals surface area contributed by atoms with Gasteiger partial charge in [0, 0.05) is 0 Å². The van der Waals surface area contributed by atoms with Crippen LogP contribution in [0, 0.1) is 11.3 Å². The van der Waals surface area contributed by atoms with Gasteiger partial charge in [-0.3, -0.25) is 9.59 Å².